The van der Waals surface area contributed by atoms with Crippen molar-refractivity contribution in [3.05, 3.63) is 18.2 Å². The molecule has 0 aliphatic rings. The average molecular weight is 341 g/mol. The molecule has 9 nitrogen and oxygen atoms in total. The summed E-state index contributed by atoms with van der Waals surface area (Å²) < 4.78 is 68.7. The molecular formula is C10H15NO8S2. The molecular weight excluding hydrogens is 326 g/mol. The first-order chi connectivity index (χ1) is 9.67. The van der Waals surface area contributed by atoms with E-state index in [-0.39, 0.29) is 11.4 Å². The molecule has 0 atom stereocenters. The van der Waals surface area contributed by atoms with Gasteiger partial charge >= 0.3 is 10.4 Å². The molecule has 0 fully saturated rings. The number of benzene rings is 1. The normalized spacial score (nSPS) is 12.0. The number of ether oxygens (including phenoxy) is 2. The summed E-state index contributed by atoms with van der Waals surface area (Å²) in [5, 5.41) is 0. The molecule has 0 bridgehead atoms. The Labute approximate surface area is 122 Å². The summed E-state index contributed by atoms with van der Waals surface area (Å²) >= 11 is 0. The molecule has 0 saturated carbocycles. The van der Waals surface area contributed by atoms with Crippen molar-refractivity contribution in [3.8, 4) is 11.5 Å². The van der Waals surface area contributed by atoms with Crippen molar-refractivity contribution in [3.63, 3.8) is 0 Å². The summed E-state index contributed by atoms with van der Waals surface area (Å²) in [6.07, 6.45) is 0. The number of methoxy groups -OCH3 is 2. The number of hydrogen-bond donors (Lipinski definition) is 2. The summed E-state index contributed by atoms with van der Waals surface area (Å²) in [5.74, 6) is -0.00887. The molecule has 0 aromatic heterocycles. The number of rotatable bonds is 8. The van der Waals surface area contributed by atoms with Gasteiger partial charge in [0.15, 0.2) is 0 Å². The fourth-order valence-corrected chi connectivity index (χ4v) is 2.66. The van der Waals surface area contributed by atoms with Gasteiger partial charge in [-0.1, -0.05) is 0 Å². The lowest BCUT2D eigenvalue weighted by molar-refractivity contribution is 0.284. The van der Waals surface area contributed by atoms with Gasteiger partial charge in [-0.15, -0.1) is 0 Å². The molecule has 2 N–H and O–H groups in total. The zero-order valence-corrected chi connectivity index (χ0v) is 12.9. The van der Waals surface area contributed by atoms with E-state index in [2.05, 4.69) is 8.91 Å². The minimum Gasteiger partial charge on any atom is -0.497 e. The number of sulfonamides is 1. The van der Waals surface area contributed by atoms with Crippen LogP contribution >= 0.6 is 0 Å². The van der Waals surface area contributed by atoms with Gasteiger partial charge in [0.25, 0.3) is 0 Å². The predicted octanol–water partition coefficient (Wildman–Crippen LogP) is 0.265. The van der Waals surface area contributed by atoms with Gasteiger partial charge in [0.2, 0.25) is 10.0 Å². The highest BCUT2D eigenvalue weighted by molar-refractivity contribution is 7.92. The zero-order valence-electron chi connectivity index (χ0n) is 11.3. The van der Waals surface area contributed by atoms with Gasteiger partial charge in [0.1, 0.15) is 11.5 Å². The van der Waals surface area contributed by atoms with Crippen LogP contribution in [0.3, 0.4) is 0 Å². The van der Waals surface area contributed by atoms with Crippen molar-refractivity contribution in [1.29, 1.82) is 0 Å². The fraction of sp³-hybridized carbons (Fsp3) is 0.400. The average Bonchev–Trinajstić information content (AvgIpc) is 2.36. The maximum atomic E-state index is 11.8. The van der Waals surface area contributed by atoms with Crippen LogP contribution < -0.4 is 14.2 Å². The van der Waals surface area contributed by atoms with E-state index in [0.29, 0.717) is 5.75 Å². The van der Waals surface area contributed by atoms with Crippen LogP contribution in [0.15, 0.2) is 18.2 Å². The minimum absolute atomic E-state index is 0.128. The molecule has 0 saturated heterocycles. The first kappa shape index (κ1) is 17.5. The van der Waals surface area contributed by atoms with Crippen LogP contribution in [0.5, 0.6) is 11.5 Å². The third-order valence-corrected chi connectivity index (χ3v) is 3.96. The summed E-state index contributed by atoms with van der Waals surface area (Å²) in [6, 6.07) is 4.49. The minimum atomic E-state index is -4.68. The van der Waals surface area contributed by atoms with Gasteiger partial charge < -0.3 is 9.47 Å². The zero-order chi connectivity index (χ0) is 16.1. The molecule has 1 aromatic rings. The molecule has 1 aromatic carbocycles. The summed E-state index contributed by atoms with van der Waals surface area (Å²) in [6.45, 7) is -0.722. The van der Waals surface area contributed by atoms with Crippen LogP contribution in [0.2, 0.25) is 0 Å². The van der Waals surface area contributed by atoms with Crippen molar-refractivity contribution in [2.45, 2.75) is 0 Å². The maximum Gasteiger partial charge on any atom is 0.397 e. The Balaban J connectivity index is 2.83. The first-order valence-corrected chi connectivity index (χ1v) is 8.53. The molecule has 0 unspecified atom stereocenters. The van der Waals surface area contributed by atoms with Crippen LogP contribution in [0.1, 0.15) is 0 Å². The molecule has 0 aliphatic carbocycles. The highest BCUT2D eigenvalue weighted by Crippen LogP contribution is 2.29. The van der Waals surface area contributed by atoms with Crippen LogP contribution in [0.25, 0.3) is 0 Å². The van der Waals surface area contributed by atoms with Gasteiger partial charge in [0.05, 0.1) is 32.3 Å². The number of anilines is 1. The molecule has 120 valence electrons. The van der Waals surface area contributed by atoms with Crippen molar-refractivity contribution in [2.75, 3.05) is 31.3 Å². The van der Waals surface area contributed by atoms with E-state index < -0.39 is 32.8 Å². The monoisotopic (exact) mass is 341 g/mol. The van der Waals surface area contributed by atoms with Gasteiger partial charge in [-0.3, -0.25) is 9.27 Å². The highest BCUT2D eigenvalue weighted by Gasteiger charge is 2.16. The van der Waals surface area contributed by atoms with E-state index in [0.717, 1.165) is 0 Å². The second kappa shape index (κ2) is 6.93. The molecule has 0 radical (unpaired) electrons. The standard InChI is InChI=1S/C10H15NO8S2/c1-17-8-3-4-10(18-2)9(7-8)11-20(12,13)6-5-19-21(14,15)16/h3-4,7,11H,5-6H2,1-2H3,(H,14,15,16). The van der Waals surface area contributed by atoms with E-state index in [9.17, 15) is 16.8 Å². The van der Waals surface area contributed by atoms with E-state index in [1.54, 1.807) is 6.07 Å². The maximum absolute atomic E-state index is 11.8. The third-order valence-electron chi connectivity index (χ3n) is 2.26. The fourth-order valence-electron chi connectivity index (χ4n) is 1.36. The van der Waals surface area contributed by atoms with Crippen LogP contribution in [0, 0.1) is 0 Å². The summed E-state index contributed by atoms with van der Waals surface area (Å²) in [5.41, 5.74) is 0.128. The van der Waals surface area contributed by atoms with Crippen LogP contribution in [0.4, 0.5) is 5.69 Å². The van der Waals surface area contributed by atoms with Gasteiger partial charge in [-0.2, -0.15) is 8.42 Å². The second-order valence-corrected chi connectivity index (χ2v) is 6.67. The first-order valence-electron chi connectivity index (χ1n) is 5.51. The molecule has 0 aliphatic heterocycles. The molecule has 0 heterocycles. The molecule has 0 spiro atoms. The molecule has 11 heteroatoms. The molecule has 0 amide bonds. The smallest absolute Gasteiger partial charge is 0.397 e. The number of nitrogens with one attached hydrogen (secondary N) is 1. The van der Waals surface area contributed by atoms with Crippen molar-refractivity contribution >= 4 is 26.1 Å². The van der Waals surface area contributed by atoms with Crippen LogP contribution in [-0.2, 0) is 24.6 Å². The van der Waals surface area contributed by atoms with Crippen molar-refractivity contribution in [2.24, 2.45) is 0 Å². The SMILES string of the molecule is COc1ccc(OC)c(NS(=O)(=O)CCOS(=O)(=O)O)c1. The lowest BCUT2D eigenvalue weighted by Gasteiger charge is -2.12. The van der Waals surface area contributed by atoms with Crippen LogP contribution in [-0.4, -0.2) is 48.0 Å². The van der Waals surface area contributed by atoms with E-state index in [1.807, 2.05) is 0 Å². The van der Waals surface area contributed by atoms with E-state index in [1.165, 1.54) is 26.4 Å². The highest BCUT2D eigenvalue weighted by atomic mass is 32.3. The number of hydrogen-bond acceptors (Lipinski definition) is 7. The molecule has 21 heavy (non-hydrogen) atoms. The Morgan fingerprint density at radius 2 is 1.81 bits per heavy atom. The lowest BCUT2D eigenvalue weighted by atomic mass is 10.3. The van der Waals surface area contributed by atoms with Crippen molar-refractivity contribution in [1.82, 2.24) is 0 Å². The Kier molecular flexibility index (Phi) is 5.78. The Hall–Kier alpha value is -1.56. The topological polar surface area (TPSA) is 128 Å². The summed E-state index contributed by atoms with van der Waals surface area (Å²) in [4.78, 5) is 0. The van der Waals surface area contributed by atoms with Gasteiger partial charge in [-0.25, -0.2) is 12.6 Å². The Morgan fingerprint density at radius 3 is 2.33 bits per heavy atom. The predicted molar refractivity (Wildman–Crippen MR) is 74.5 cm³/mol. The third kappa shape index (κ3) is 6.16. The van der Waals surface area contributed by atoms with Crippen molar-refractivity contribution < 1.29 is 35.0 Å². The van der Waals surface area contributed by atoms with Gasteiger partial charge in [-0.05, 0) is 12.1 Å². The lowest BCUT2D eigenvalue weighted by Crippen LogP contribution is -2.21. The second-order valence-electron chi connectivity index (χ2n) is 3.74. The Morgan fingerprint density at radius 1 is 1.14 bits per heavy atom. The van der Waals surface area contributed by atoms with E-state index >= 15 is 0 Å². The summed E-state index contributed by atoms with van der Waals surface area (Å²) in [7, 11) is -5.80. The Bertz CT molecular complexity index is 683. The van der Waals surface area contributed by atoms with E-state index in [4.69, 9.17) is 14.0 Å². The largest absolute Gasteiger partial charge is 0.497 e. The van der Waals surface area contributed by atoms with Gasteiger partial charge in [0, 0.05) is 6.07 Å². The quantitative estimate of drug-likeness (QED) is 0.645. The molecule has 1 rings (SSSR count).